The van der Waals surface area contributed by atoms with Gasteiger partial charge in [-0.1, -0.05) is 15.9 Å². The minimum Gasteiger partial charge on any atom is -0.494 e. The number of aromatic nitrogens is 1. The van der Waals surface area contributed by atoms with Crippen molar-refractivity contribution in [3.05, 3.63) is 82.6 Å². The topological polar surface area (TPSA) is 80.6 Å². The van der Waals surface area contributed by atoms with Gasteiger partial charge in [0, 0.05) is 22.1 Å². The second-order valence-electron chi connectivity index (χ2n) is 6.66. The van der Waals surface area contributed by atoms with E-state index in [4.69, 9.17) is 4.74 Å². The first kappa shape index (κ1) is 20.6. The highest BCUT2D eigenvalue weighted by Crippen LogP contribution is 2.25. The minimum absolute atomic E-state index is 0.134. The molecule has 31 heavy (non-hydrogen) atoms. The van der Waals surface area contributed by atoms with Gasteiger partial charge in [0.2, 0.25) is 0 Å². The van der Waals surface area contributed by atoms with E-state index in [0.717, 1.165) is 15.1 Å². The van der Waals surface area contributed by atoms with Gasteiger partial charge in [-0.15, -0.1) is 0 Å². The molecular formula is C23H18BrN3O4. The lowest BCUT2D eigenvalue weighted by Gasteiger charge is -2.26. The van der Waals surface area contributed by atoms with Crippen LogP contribution in [-0.4, -0.2) is 29.0 Å². The number of hydrogen-bond donors (Lipinski definition) is 1. The summed E-state index contributed by atoms with van der Waals surface area (Å²) in [6, 6.07) is 16.9. The Labute approximate surface area is 187 Å². The van der Waals surface area contributed by atoms with Crippen molar-refractivity contribution >= 4 is 45.5 Å². The first-order valence-electron chi connectivity index (χ1n) is 9.55. The summed E-state index contributed by atoms with van der Waals surface area (Å²) in [7, 11) is 0. The van der Waals surface area contributed by atoms with E-state index in [-0.39, 0.29) is 5.57 Å². The molecule has 0 saturated carbocycles. The van der Waals surface area contributed by atoms with Crippen molar-refractivity contribution in [1.29, 1.82) is 0 Å². The molecule has 3 aromatic rings. The highest BCUT2D eigenvalue weighted by molar-refractivity contribution is 9.10. The second-order valence-corrected chi connectivity index (χ2v) is 7.58. The molecule has 156 valence electrons. The van der Waals surface area contributed by atoms with E-state index in [0.29, 0.717) is 23.7 Å². The maximum atomic E-state index is 13.1. The van der Waals surface area contributed by atoms with Gasteiger partial charge in [-0.05, 0) is 73.7 Å². The predicted molar refractivity (Wildman–Crippen MR) is 120 cm³/mol. The van der Waals surface area contributed by atoms with Gasteiger partial charge in [0.05, 0.1) is 12.3 Å². The molecule has 2 aromatic carbocycles. The number of carbonyl (C=O) groups excluding carboxylic acids is 3. The van der Waals surface area contributed by atoms with Crippen LogP contribution >= 0.6 is 15.9 Å². The summed E-state index contributed by atoms with van der Waals surface area (Å²) in [4.78, 5) is 38.9. The van der Waals surface area contributed by atoms with Crippen molar-refractivity contribution in [2.24, 2.45) is 0 Å². The number of hydrogen-bond acceptors (Lipinski definition) is 4. The molecule has 1 saturated heterocycles. The number of barbiturate groups is 1. The van der Waals surface area contributed by atoms with Crippen LogP contribution in [0.15, 0.2) is 76.9 Å². The number of amides is 4. The van der Waals surface area contributed by atoms with Crippen molar-refractivity contribution < 1.29 is 19.1 Å². The summed E-state index contributed by atoms with van der Waals surface area (Å²) < 4.78 is 8.18. The van der Waals surface area contributed by atoms with E-state index in [1.807, 2.05) is 48.0 Å². The quantitative estimate of drug-likeness (QED) is 0.436. The van der Waals surface area contributed by atoms with E-state index in [9.17, 15) is 14.4 Å². The van der Waals surface area contributed by atoms with Crippen molar-refractivity contribution in [2.75, 3.05) is 11.5 Å². The minimum atomic E-state index is -0.792. The second kappa shape index (κ2) is 8.61. The molecule has 0 spiro atoms. The van der Waals surface area contributed by atoms with Crippen LogP contribution in [0, 0.1) is 0 Å². The summed E-state index contributed by atoms with van der Waals surface area (Å²) in [5.74, 6) is -0.808. The van der Waals surface area contributed by atoms with Gasteiger partial charge in [0.1, 0.15) is 11.3 Å². The zero-order valence-electron chi connectivity index (χ0n) is 16.5. The molecule has 1 aliphatic rings. The van der Waals surface area contributed by atoms with Gasteiger partial charge in [-0.2, -0.15) is 0 Å². The maximum absolute atomic E-state index is 13.1. The lowest BCUT2D eigenvalue weighted by Crippen LogP contribution is -2.54. The van der Waals surface area contributed by atoms with Gasteiger partial charge >= 0.3 is 6.03 Å². The highest BCUT2D eigenvalue weighted by atomic mass is 79.9. The molecule has 7 nitrogen and oxygen atoms in total. The molecule has 0 unspecified atom stereocenters. The molecule has 0 aliphatic carbocycles. The Balaban J connectivity index is 1.69. The standard InChI is InChI=1S/C23H18BrN3O4/c1-2-31-19-11-9-17(10-12-19)27-22(29)20(21(28)25-23(27)30)14-18-4-3-13-26(18)16-7-5-15(24)6-8-16/h3-14H,2H2,1H3,(H,25,28,30)/b20-14+. The highest BCUT2D eigenvalue weighted by Gasteiger charge is 2.37. The van der Waals surface area contributed by atoms with E-state index in [1.54, 1.807) is 30.3 Å². The Morgan fingerprint density at radius 3 is 2.32 bits per heavy atom. The first-order valence-corrected chi connectivity index (χ1v) is 10.3. The molecular weight excluding hydrogens is 462 g/mol. The predicted octanol–water partition coefficient (Wildman–Crippen LogP) is 4.30. The summed E-state index contributed by atoms with van der Waals surface area (Å²) in [6.45, 7) is 2.37. The molecule has 4 amide bonds. The molecule has 0 radical (unpaired) electrons. The SMILES string of the molecule is CCOc1ccc(N2C(=O)NC(=O)/C(=C\c3cccn3-c3ccc(Br)cc3)C2=O)cc1. The van der Waals surface area contributed by atoms with Gasteiger partial charge in [-0.25, -0.2) is 9.69 Å². The summed E-state index contributed by atoms with van der Waals surface area (Å²) in [5.41, 5.74) is 1.70. The number of nitrogens with zero attached hydrogens (tertiary/aromatic N) is 2. The zero-order chi connectivity index (χ0) is 22.0. The molecule has 1 N–H and O–H groups in total. The first-order chi connectivity index (χ1) is 15.0. The summed E-state index contributed by atoms with van der Waals surface area (Å²) in [6.07, 6.45) is 3.31. The van der Waals surface area contributed by atoms with E-state index >= 15 is 0 Å². The van der Waals surface area contributed by atoms with Crippen molar-refractivity contribution in [1.82, 2.24) is 9.88 Å². The Morgan fingerprint density at radius 2 is 1.65 bits per heavy atom. The number of ether oxygens (including phenoxy) is 1. The Bertz CT molecular complexity index is 1180. The Hall–Kier alpha value is -3.65. The molecule has 0 atom stereocenters. The Morgan fingerprint density at radius 1 is 0.968 bits per heavy atom. The number of imide groups is 2. The van der Waals surface area contributed by atoms with Crippen molar-refractivity contribution in [3.8, 4) is 11.4 Å². The third-order valence-corrected chi connectivity index (χ3v) is 5.21. The van der Waals surface area contributed by atoms with E-state index in [2.05, 4.69) is 21.2 Å². The summed E-state index contributed by atoms with van der Waals surface area (Å²) in [5, 5.41) is 2.24. The van der Waals surface area contributed by atoms with Crippen LogP contribution < -0.4 is 15.0 Å². The van der Waals surface area contributed by atoms with Crippen molar-refractivity contribution in [3.63, 3.8) is 0 Å². The maximum Gasteiger partial charge on any atom is 0.335 e. The average molecular weight is 480 g/mol. The van der Waals surface area contributed by atoms with Crippen LogP contribution in [0.1, 0.15) is 12.6 Å². The average Bonchev–Trinajstić information content (AvgIpc) is 3.21. The number of urea groups is 1. The number of nitrogens with one attached hydrogen (secondary N) is 1. The lowest BCUT2D eigenvalue weighted by atomic mass is 10.1. The fourth-order valence-electron chi connectivity index (χ4n) is 3.25. The molecule has 1 aromatic heterocycles. The molecule has 2 heterocycles. The van der Waals surface area contributed by atoms with Crippen LogP contribution in [0.2, 0.25) is 0 Å². The van der Waals surface area contributed by atoms with Crippen molar-refractivity contribution in [2.45, 2.75) is 6.92 Å². The van der Waals surface area contributed by atoms with Crippen LogP contribution in [0.3, 0.4) is 0 Å². The van der Waals surface area contributed by atoms with Crippen LogP contribution in [-0.2, 0) is 9.59 Å². The van der Waals surface area contributed by atoms with Gasteiger partial charge in [-0.3, -0.25) is 14.9 Å². The Kier molecular flexibility index (Phi) is 5.73. The monoisotopic (exact) mass is 479 g/mol. The molecule has 1 fully saturated rings. The molecule has 8 heteroatoms. The normalized spacial score (nSPS) is 15.4. The van der Waals surface area contributed by atoms with Crippen LogP contribution in [0.5, 0.6) is 5.75 Å². The largest absolute Gasteiger partial charge is 0.494 e. The summed E-state index contributed by atoms with van der Waals surface area (Å²) >= 11 is 3.41. The van der Waals surface area contributed by atoms with Crippen LogP contribution in [0.4, 0.5) is 10.5 Å². The van der Waals surface area contributed by atoms with Gasteiger partial charge in [0.25, 0.3) is 11.8 Å². The number of rotatable bonds is 5. The van der Waals surface area contributed by atoms with E-state index in [1.165, 1.54) is 6.08 Å². The van der Waals surface area contributed by atoms with E-state index < -0.39 is 17.8 Å². The fourth-order valence-corrected chi connectivity index (χ4v) is 3.51. The van der Waals surface area contributed by atoms with Gasteiger partial charge in [0.15, 0.2) is 0 Å². The third kappa shape index (κ3) is 4.15. The smallest absolute Gasteiger partial charge is 0.335 e. The fraction of sp³-hybridized carbons (Fsp3) is 0.0870. The number of carbonyl (C=O) groups is 3. The van der Waals surface area contributed by atoms with Gasteiger partial charge < -0.3 is 9.30 Å². The molecule has 0 bridgehead atoms. The molecule has 1 aliphatic heterocycles. The van der Waals surface area contributed by atoms with Crippen LogP contribution in [0.25, 0.3) is 11.8 Å². The number of anilines is 1. The zero-order valence-corrected chi connectivity index (χ0v) is 18.1. The third-order valence-electron chi connectivity index (χ3n) is 4.68. The number of halogens is 1. The molecule has 4 rings (SSSR count). The number of benzene rings is 2. The lowest BCUT2D eigenvalue weighted by molar-refractivity contribution is -0.122.